The van der Waals surface area contributed by atoms with Crippen LogP contribution in [0, 0.1) is 0 Å². The number of nitrogens with one attached hydrogen (secondary N) is 1. The van der Waals surface area contributed by atoms with Crippen LogP contribution in [0.2, 0.25) is 0 Å². The van der Waals surface area contributed by atoms with Gasteiger partial charge in [-0.05, 0) is 12.1 Å². The number of rotatable bonds is 6. The molecule has 0 aromatic heterocycles. The van der Waals surface area contributed by atoms with E-state index in [9.17, 15) is 24.0 Å². The van der Waals surface area contributed by atoms with E-state index in [4.69, 9.17) is 4.74 Å². The maximum Gasteiger partial charge on any atom is 0.306 e. The van der Waals surface area contributed by atoms with Crippen LogP contribution in [-0.4, -0.2) is 72.2 Å². The van der Waals surface area contributed by atoms with Gasteiger partial charge in [-0.3, -0.25) is 29.3 Å². The maximum atomic E-state index is 12.1. The molecule has 0 bridgehead atoms. The molecule has 9 nitrogen and oxygen atoms in total. The molecule has 1 aromatic carbocycles. The summed E-state index contributed by atoms with van der Waals surface area (Å²) in [6.45, 7) is 2.69. The van der Waals surface area contributed by atoms with Crippen LogP contribution in [0.1, 0.15) is 30.1 Å². The molecule has 1 aliphatic heterocycles. The number of piperazine rings is 1. The van der Waals surface area contributed by atoms with Crippen molar-refractivity contribution in [2.24, 2.45) is 0 Å². The molecule has 1 heterocycles. The average Bonchev–Trinajstić information content (AvgIpc) is 2.71. The monoisotopic (exact) mass is 389 g/mol. The third kappa shape index (κ3) is 6.49. The van der Waals surface area contributed by atoms with Gasteiger partial charge in [0.05, 0.1) is 6.42 Å². The van der Waals surface area contributed by atoms with E-state index in [-0.39, 0.29) is 24.7 Å². The number of esters is 1. The van der Waals surface area contributed by atoms with Crippen LogP contribution in [0.4, 0.5) is 0 Å². The van der Waals surface area contributed by atoms with Crippen molar-refractivity contribution in [3.05, 3.63) is 35.9 Å². The average molecular weight is 389 g/mol. The number of ether oxygens (including phenoxy) is 1. The van der Waals surface area contributed by atoms with Crippen LogP contribution in [0.25, 0.3) is 0 Å². The second-order valence-corrected chi connectivity index (χ2v) is 6.29. The van der Waals surface area contributed by atoms with E-state index in [1.807, 2.05) is 0 Å². The van der Waals surface area contributed by atoms with Gasteiger partial charge in [-0.2, -0.15) is 0 Å². The Balaban J connectivity index is 1.64. The lowest BCUT2D eigenvalue weighted by atomic mass is 10.2. The molecule has 1 aromatic rings. The Bertz CT molecular complexity index is 741. The van der Waals surface area contributed by atoms with Crippen molar-refractivity contribution in [2.45, 2.75) is 19.8 Å². The fraction of sp³-hybridized carbons (Fsp3) is 0.421. The topological polar surface area (TPSA) is 113 Å². The van der Waals surface area contributed by atoms with Crippen LogP contribution in [0.3, 0.4) is 0 Å². The first-order valence-corrected chi connectivity index (χ1v) is 8.95. The predicted molar refractivity (Wildman–Crippen MR) is 97.9 cm³/mol. The van der Waals surface area contributed by atoms with Gasteiger partial charge in [0.25, 0.3) is 11.8 Å². The molecule has 1 aliphatic rings. The van der Waals surface area contributed by atoms with Gasteiger partial charge in [-0.25, -0.2) is 0 Å². The lowest BCUT2D eigenvalue weighted by molar-refractivity contribution is -0.150. The summed E-state index contributed by atoms with van der Waals surface area (Å²) in [7, 11) is 0. The Labute approximate surface area is 162 Å². The standard InChI is InChI=1S/C19H23N3O6/c1-14(23)21-9-11-22(12-10-21)17(25)7-8-18(26)28-13-16(24)20-19(27)15-5-3-2-4-6-15/h2-6H,7-13H2,1H3,(H,20,24,27). The van der Waals surface area contributed by atoms with Gasteiger partial charge in [-0.1, -0.05) is 18.2 Å². The molecule has 0 atom stereocenters. The van der Waals surface area contributed by atoms with Gasteiger partial charge in [0.1, 0.15) is 0 Å². The lowest BCUT2D eigenvalue weighted by Crippen LogP contribution is -2.50. The van der Waals surface area contributed by atoms with E-state index < -0.39 is 24.4 Å². The predicted octanol–water partition coefficient (Wildman–Crippen LogP) is -0.0429. The third-order valence-corrected chi connectivity index (χ3v) is 4.27. The molecule has 1 N–H and O–H groups in total. The first kappa shape index (κ1) is 21.1. The highest BCUT2D eigenvalue weighted by Crippen LogP contribution is 2.06. The summed E-state index contributed by atoms with van der Waals surface area (Å²) in [5.41, 5.74) is 0.317. The van der Waals surface area contributed by atoms with E-state index in [1.54, 1.807) is 40.1 Å². The molecule has 0 unspecified atom stereocenters. The highest BCUT2D eigenvalue weighted by Gasteiger charge is 2.23. The fourth-order valence-electron chi connectivity index (χ4n) is 2.68. The largest absolute Gasteiger partial charge is 0.456 e. The maximum absolute atomic E-state index is 12.1. The molecular formula is C19H23N3O6. The number of imide groups is 1. The second-order valence-electron chi connectivity index (χ2n) is 6.29. The number of nitrogens with zero attached hydrogens (tertiary/aromatic N) is 2. The molecule has 4 amide bonds. The number of carbonyl (C=O) groups is 5. The summed E-state index contributed by atoms with van der Waals surface area (Å²) in [6.07, 6.45) is -0.199. The van der Waals surface area contributed by atoms with Crippen LogP contribution in [0.5, 0.6) is 0 Å². The molecule has 0 radical (unpaired) electrons. The first-order chi connectivity index (χ1) is 13.4. The van der Waals surface area contributed by atoms with Crippen LogP contribution in [-0.2, 0) is 23.9 Å². The van der Waals surface area contributed by atoms with E-state index in [2.05, 4.69) is 5.32 Å². The Hall–Kier alpha value is -3.23. The van der Waals surface area contributed by atoms with Crippen LogP contribution >= 0.6 is 0 Å². The normalized spacial score (nSPS) is 13.6. The molecule has 1 saturated heterocycles. The van der Waals surface area contributed by atoms with Gasteiger partial charge < -0.3 is 14.5 Å². The van der Waals surface area contributed by atoms with Gasteiger partial charge in [-0.15, -0.1) is 0 Å². The molecule has 0 saturated carbocycles. The minimum atomic E-state index is -0.742. The van der Waals surface area contributed by atoms with Gasteiger partial charge in [0.2, 0.25) is 11.8 Å². The van der Waals surface area contributed by atoms with Gasteiger partial charge in [0, 0.05) is 45.1 Å². The molecule has 2 rings (SSSR count). The minimum Gasteiger partial charge on any atom is -0.456 e. The molecule has 28 heavy (non-hydrogen) atoms. The second kappa shape index (κ2) is 10.2. The van der Waals surface area contributed by atoms with Crippen molar-refractivity contribution < 1.29 is 28.7 Å². The smallest absolute Gasteiger partial charge is 0.306 e. The highest BCUT2D eigenvalue weighted by atomic mass is 16.5. The van der Waals surface area contributed by atoms with Crippen molar-refractivity contribution >= 4 is 29.6 Å². The SMILES string of the molecule is CC(=O)N1CCN(C(=O)CCC(=O)OCC(=O)NC(=O)c2ccccc2)CC1. The van der Waals surface area contributed by atoms with Gasteiger partial charge >= 0.3 is 5.97 Å². The zero-order valence-corrected chi connectivity index (χ0v) is 15.7. The summed E-state index contributed by atoms with van der Waals surface area (Å²) >= 11 is 0. The Morgan fingerprint density at radius 3 is 2.14 bits per heavy atom. The summed E-state index contributed by atoms with van der Waals surface area (Å²) < 4.78 is 4.80. The zero-order chi connectivity index (χ0) is 20.5. The summed E-state index contributed by atoms with van der Waals surface area (Å²) in [5, 5.41) is 2.12. The third-order valence-electron chi connectivity index (χ3n) is 4.27. The number of carbonyl (C=O) groups excluding carboxylic acids is 5. The molecule has 9 heteroatoms. The number of hydrogen-bond donors (Lipinski definition) is 1. The zero-order valence-electron chi connectivity index (χ0n) is 15.7. The summed E-state index contributed by atoms with van der Waals surface area (Å²) in [6, 6.07) is 8.17. The van der Waals surface area contributed by atoms with Crippen molar-refractivity contribution in [3.63, 3.8) is 0 Å². The lowest BCUT2D eigenvalue weighted by Gasteiger charge is -2.34. The van der Waals surface area contributed by atoms with Crippen molar-refractivity contribution in [1.82, 2.24) is 15.1 Å². The Kier molecular flexibility index (Phi) is 7.67. The Morgan fingerprint density at radius 1 is 0.929 bits per heavy atom. The van der Waals surface area contributed by atoms with Crippen molar-refractivity contribution in [1.29, 1.82) is 0 Å². The minimum absolute atomic E-state index is 0.0281. The van der Waals surface area contributed by atoms with E-state index >= 15 is 0 Å². The fourth-order valence-corrected chi connectivity index (χ4v) is 2.68. The molecule has 1 fully saturated rings. The summed E-state index contributed by atoms with van der Waals surface area (Å²) in [5.74, 6) is -2.25. The number of benzene rings is 1. The van der Waals surface area contributed by atoms with E-state index in [1.165, 1.54) is 6.92 Å². The number of amides is 4. The van der Waals surface area contributed by atoms with Crippen LogP contribution < -0.4 is 5.32 Å². The first-order valence-electron chi connectivity index (χ1n) is 8.95. The Morgan fingerprint density at radius 2 is 1.54 bits per heavy atom. The van der Waals surface area contributed by atoms with Crippen LogP contribution in [0.15, 0.2) is 30.3 Å². The number of hydrogen-bond acceptors (Lipinski definition) is 6. The van der Waals surface area contributed by atoms with E-state index in [0.717, 1.165) is 0 Å². The van der Waals surface area contributed by atoms with E-state index in [0.29, 0.717) is 31.7 Å². The van der Waals surface area contributed by atoms with Crippen molar-refractivity contribution in [3.8, 4) is 0 Å². The van der Waals surface area contributed by atoms with Gasteiger partial charge in [0.15, 0.2) is 6.61 Å². The molecule has 0 aliphatic carbocycles. The summed E-state index contributed by atoms with van der Waals surface area (Å²) in [4.78, 5) is 61.9. The molecule has 150 valence electrons. The van der Waals surface area contributed by atoms with Crippen molar-refractivity contribution in [2.75, 3.05) is 32.8 Å². The highest BCUT2D eigenvalue weighted by molar-refractivity contribution is 6.05. The quantitative estimate of drug-likeness (QED) is 0.683. The molecule has 0 spiro atoms. The molecular weight excluding hydrogens is 366 g/mol.